The van der Waals surface area contributed by atoms with Crippen LogP contribution in [0.15, 0.2) is 53.2 Å². The summed E-state index contributed by atoms with van der Waals surface area (Å²) in [6.45, 7) is 7.75. The second-order valence-corrected chi connectivity index (χ2v) is 8.93. The predicted molar refractivity (Wildman–Crippen MR) is 131 cm³/mol. The van der Waals surface area contributed by atoms with Gasteiger partial charge in [0, 0.05) is 17.2 Å². The number of carbonyl (C=O) groups is 1. The van der Waals surface area contributed by atoms with E-state index in [-0.39, 0.29) is 17.3 Å². The molecule has 7 nitrogen and oxygen atoms in total. The predicted octanol–water partition coefficient (Wildman–Crippen LogP) is 5.41. The van der Waals surface area contributed by atoms with Crippen LogP contribution in [0.5, 0.6) is 5.75 Å². The molecule has 0 saturated carbocycles. The van der Waals surface area contributed by atoms with Gasteiger partial charge in [-0.15, -0.1) is 0 Å². The van der Waals surface area contributed by atoms with Crippen molar-refractivity contribution in [1.82, 2.24) is 0 Å². The number of nitrogens with zero attached hydrogens (tertiary/aromatic N) is 2. The summed E-state index contributed by atoms with van der Waals surface area (Å²) in [5.41, 5.74) is 2.54. The van der Waals surface area contributed by atoms with Gasteiger partial charge in [-0.05, 0) is 94.4 Å². The van der Waals surface area contributed by atoms with Crippen molar-refractivity contribution < 1.29 is 19.2 Å². The summed E-state index contributed by atoms with van der Waals surface area (Å²) in [6, 6.07) is 8.32. The third-order valence-electron chi connectivity index (χ3n) is 4.14. The molecule has 2 aromatic rings. The van der Waals surface area contributed by atoms with Crippen molar-refractivity contribution in [1.29, 1.82) is 0 Å². The van der Waals surface area contributed by atoms with Crippen LogP contribution in [-0.2, 0) is 9.53 Å². The second-order valence-electron chi connectivity index (χ2n) is 6.60. The molecule has 1 aliphatic heterocycles. The maximum absolute atomic E-state index is 12.3. The van der Waals surface area contributed by atoms with Crippen molar-refractivity contribution in [2.24, 2.45) is 4.99 Å². The first-order valence-electron chi connectivity index (χ1n) is 8.70. The Morgan fingerprint density at radius 3 is 2.60 bits per heavy atom. The molecule has 0 spiro atoms. The molecule has 0 unspecified atom stereocenters. The van der Waals surface area contributed by atoms with Crippen LogP contribution in [0, 0.1) is 24.2 Å². The van der Waals surface area contributed by atoms with Crippen molar-refractivity contribution in [3.05, 3.63) is 82.1 Å². The van der Waals surface area contributed by atoms with Gasteiger partial charge in [-0.3, -0.25) is 10.1 Å². The molecule has 0 radical (unpaired) electrons. The highest BCUT2D eigenvalue weighted by Crippen LogP contribution is 2.31. The first-order chi connectivity index (χ1) is 14.2. The van der Waals surface area contributed by atoms with Crippen molar-refractivity contribution in [2.75, 3.05) is 6.61 Å². The Balaban J connectivity index is 1.94. The molecule has 0 atom stereocenters. The summed E-state index contributed by atoms with van der Waals surface area (Å²) in [5, 5.41) is 11.2. The maximum Gasteiger partial charge on any atom is 0.363 e. The number of nitro benzene ring substituents is 1. The zero-order valence-corrected chi connectivity index (χ0v) is 20.4. The Kier molecular flexibility index (Phi) is 6.91. The van der Waals surface area contributed by atoms with Crippen molar-refractivity contribution in [2.45, 2.75) is 13.8 Å². The Morgan fingerprint density at radius 2 is 2.00 bits per heavy atom. The molecule has 0 saturated heterocycles. The van der Waals surface area contributed by atoms with Crippen LogP contribution in [0.2, 0.25) is 0 Å². The molecule has 1 aliphatic rings. The van der Waals surface area contributed by atoms with Crippen LogP contribution in [0.25, 0.3) is 6.08 Å². The van der Waals surface area contributed by atoms with Crippen molar-refractivity contribution in [3.8, 4) is 5.75 Å². The van der Waals surface area contributed by atoms with Crippen LogP contribution in [0.1, 0.15) is 23.6 Å². The average molecular weight is 630 g/mol. The fraction of sp³-hybridized carbons (Fsp3) is 0.143. The lowest BCUT2D eigenvalue weighted by Crippen LogP contribution is -2.08. The van der Waals surface area contributed by atoms with E-state index in [1.165, 1.54) is 12.1 Å². The highest BCUT2D eigenvalue weighted by Gasteiger charge is 2.27. The largest absolute Gasteiger partial charge is 0.487 e. The molecule has 3 rings (SSSR count). The van der Waals surface area contributed by atoms with Gasteiger partial charge in [0.2, 0.25) is 5.90 Å². The molecular weight excluding hydrogens is 614 g/mol. The van der Waals surface area contributed by atoms with E-state index >= 15 is 0 Å². The summed E-state index contributed by atoms with van der Waals surface area (Å²) in [4.78, 5) is 27.3. The van der Waals surface area contributed by atoms with Gasteiger partial charge in [-0.2, -0.15) is 0 Å². The third-order valence-corrected chi connectivity index (χ3v) is 5.74. The van der Waals surface area contributed by atoms with Gasteiger partial charge in [-0.1, -0.05) is 12.6 Å². The summed E-state index contributed by atoms with van der Waals surface area (Å²) in [6.07, 6.45) is 1.62. The Bertz CT molecular complexity index is 1120. The zero-order valence-electron chi connectivity index (χ0n) is 16.1. The Hall–Kier alpha value is -2.28. The minimum atomic E-state index is -0.608. The van der Waals surface area contributed by atoms with E-state index in [9.17, 15) is 14.9 Å². The number of ether oxygens (including phenoxy) is 2. The van der Waals surface area contributed by atoms with E-state index in [2.05, 4.69) is 56.8 Å². The molecule has 154 valence electrons. The van der Waals surface area contributed by atoms with E-state index in [0.717, 1.165) is 24.0 Å². The molecule has 1 heterocycles. The second kappa shape index (κ2) is 9.25. The number of hydrogen-bond donors (Lipinski definition) is 0. The number of esters is 1. The number of halogens is 2. The van der Waals surface area contributed by atoms with Gasteiger partial charge in [0.05, 0.1) is 12.1 Å². The van der Waals surface area contributed by atoms with E-state index in [1.54, 1.807) is 19.1 Å². The summed E-state index contributed by atoms with van der Waals surface area (Å²) in [7, 11) is 0. The van der Waals surface area contributed by atoms with Crippen LogP contribution in [0.4, 0.5) is 5.69 Å². The van der Waals surface area contributed by atoms with Gasteiger partial charge >= 0.3 is 5.97 Å². The monoisotopic (exact) mass is 630 g/mol. The molecule has 30 heavy (non-hydrogen) atoms. The lowest BCUT2D eigenvalue weighted by Gasteiger charge is -2.11. The normalized spacial score (nSPS) is 14.5. The first-order valence-corrected chi connectivity index (χ1v) is 10.9. The highest BCUT2D eigenvalue weighted by molar-refractivity contribution is 14.1. The number of hydrogen-bond acceptors (Lipinski definition) is 6. The molecule has 0 aliphatic carbocycles. The smallest absolute Gasteiger partial charge is 0.363 e. The summed E-state index contributed by atoms with van der Waals surface area (Å²) in [5.74, 6) is 0.202. The van der Waals surface area contributed by atoms with Crippen LogP contribution in [0.3, 0.4) is 0 Å². The first kappa shape index (κ1) is 22.4. The van der Waals surface area contributed by atoms with Crippen LogP contribution in [-0.4, -0.2) is 23.4 Å². The number of cyclic esters (lactones) is 1. The van der Waals surface area contributed by atoms with E-state index in [1.807, 2.05) is 19.1 Å². The van der Waals surface area contributed by atoms with E-state index < -0.39 is 10.9 Å². The van der Waals surface area contributed by atoms with Gasteiger partial charge < -0.3 is 9.47 Å². The van der Waals surface area contributed by atoms with Gasteiger partial charge in [0.15, 0.2) is 5.70 Å². The fourth-order valence-electron chi connectivity index (χ4n) is 2.73. The topological polar surface area (TPSA) is 91.0 Å². The van der Waals surface area contributed by atoms with Crippen LogP contribution < -0.4 is 4.74 Å². The lowest BCUT2D eigenvalue weighted by atomic mass is 10.1. The van der Waals surface area contributed by atoms with Gasteiger partial charge in [-0.25, -0.2) is 9.79 Å². The highest BCUT2D eigenvalue weighted by atomic mass is 127. The molecule has 0 amide bonds. The molecule has 2 aromatic carbocycles. The average Bonchev–Trinajstić information content (AvgIpc) is 3.01. The molecule has 0 bridgehead atoms. The van der Waals surface area contributed by atoms with Crippen LogP contribution >= 0.6 is 45.2 Å². The molecular formula is C21H16I2N2O5. The SMILES string of the molecule is C=C(C)COc1c(I)cc(/C=C2\N=C(c3cccc([N+](=O)[O-])c3C)OC2=O)cc1I. The number of rotatable bonds is 6. The van der Waals surface area contributed by atoms with Crippen molar-refractivity contribution >= 4 is 68.8 Å². The number of nitro groups is 1. The lowest BCUT2D eigenvalue weighted by molar-refractivity contribution is -0.385. The molecule has 9 heteroatoms. The molecule has 0 N–H and O–H groups in total. The maximum atomic E-state index is 12.3. The summed E-state index contributed by atoms with van der Waals surface area (Å²) >= 11 is 4.35. The molecule has 0 aromatic heterocycles. The Labute approximate surface area is 200 Å². The number of aliphatic imine (C=N–C) groups is 1. The summed E-state index contributed by atoms with van der Waals surface area (Å²) < 4.78 is 12.8. The quantitative estimate of drug-likeness (QED) is 0.106. The molecule has 0 fully saturated rings. The van der Waals surface area contributed by atoms with Gasteiger partial charge in [0.25, 0.3) is 5.69 Å². The standard InChI is InChI=1S/C21H16I2N2O5/c1-11(2)10-29-19-15(22)7-13(8-16(19)23)9-17-21(26)30-20(24-17)14-5-4-6-18(12(14)3)25(27)28/h4-9H,1,10H2,2-3H3/b17-9-. The minimum Gasteiger partial charge on any atom is -0.487 e. The minimum absolute atomic E-state index is 0.0539. The zero-order chi connectivity index (χ0) is 22.0. The third kappa shape index (κ3) is 4.89. The van der Waals surface area contributed by atoms with Gasteiger partial charge in [0.1, 0.15) is 12.4 Å². The fourth-order valence-corrected chi connectivity index (χ4v) is 4.86. The van der Waals surface area contributed by atoms with E-state index in [0.29, 0.717) is 17.7 Å². The van der Waals surface area contributed by atoms with E-state index in [4.69, 9.17) is 9.47 Å². The Morgan fingerprint density at radius 1 is 1.33 bits per heavy atom. The number of carbonyl (C=O) groups excluding carboxylic acids is 1. The number of benzene rings is 2. The van der Waals surface area contributed by atoms with Crippen molar-refractivity contribution in [3.63, 3.8) is 0 Å².